The highest BCUT2D eigenvalue weighted by Gasteiger charge is 2.05. The molecule has 0 aliphatic heterocycles. The number of ether oxygens (including phenoxy) is 1. The molecule has 0 saturated carbocycles. The Morgan fingerprint density at radius 2 is 2.04 bits per heavy atom. The van der Waals surface area contributed by atoms with Crippen LogP contribution in [0, 0.1) is 5.92 Å². The number of nitrogens with one attached hydrogen (secondary N) is 1. The van der Waals surface area contributed by atoms with E-state index in [1.54, 1.807) is 13.2 Å². The first-order chi connectivity index (χ1) is 10.9. The Kier molecular flexibility index (Phi) is 8.30. The Morgan fingerprint density at radius 3 is 2.70 bits per heavy atom. The Balaban J connectivity index is 2.36. The van der Waals surface area contributed by atoms with Crippen LogP contribution >= 0.6 is 0 Å². The second-order valence-electron chi connectivity index (χ2n) is 6.39. The number of phenolic OH excluding ortho intramolecular Hbond substituents is 1. The van der Waals surface area contributed by atoms with E-state index in [0.29, 0.717) is 24.3 Å². The molecule has 1 aromatic carbocycles. The van der Waals surface area contributed by atoms with E-state index in [4.69, 9.17) is 10.5 Å². The zero-order valence-corrected chi connectivity index (χ0v) is 14.8. The molecule has 5 heteroatoms. The molecule has 0 aliphatic rings. The maximum absolute atomic E-state index is 9.57. The lowest BCUT2D eigenvalue weighted by molar-refractivity contribution is 0.373. The van der Waals surface area contributed by atoms with Crippen LogP contribution in [0.1, 0.15) is 45.6 Å². The summed E-state index contributed by atoms with van der Waals surface area (Å²) in [6, 6.07) is 5.66. The molecule has 1 rings (SSSR count). The lowest BCUT2D eigenvalue weighted by atomic mass is 10.0. The van der Waals surface area contributed by atoms with Crippen LogP contribution in [-0.4, -0.2) is 30.8 Å². The Hall–Kier alpha value is -1.91. The third-order valence-electron chi connectivity index (χ3n) is 3.74. The third kappa shape index (κ3) is 7.77. The molecule has 0 radical (unpaired) electrons. The largest absolute Gasteiger partial charge is 0.504 e. The van der Waals surface area contributed by atoms with Crippen molar-refractivity contribution in [3.8, 4) is 11.5 Å². The average Bonchev–Trinajstić information content (AvgIpc) is 2.48. The van der Waals surface area contributed by atoms with Crippen LogP contribution in [0.25, 0.3) is 0 Å². The number of benzene rings is 1. The number of methoxy groups -OCH3 is 1. The number of phenols is 1. The zero-order chi connectivity index (χ0) is 17.2. The molecule has 1 atom stereocenters. The van der Waals surface area contributed by atoms with Crippen molar-refractivity contribution in [2.24, 2.45) is 16.6 Å². The molecule has 4 N–H and O–H groups in total. The molecule has 130 valence electrons. The molecule has 0 spiro atoms. The van der Waals surface area contributed by atoms with E-state index >= 15 is 0 Å². The number of rotatable bonds is 9. The summed E-state index contributed by atoms with van der Waals surface area (Å²) < 4.78 is 5.10. The van der Waals surface area contributed by atoms with Crippen LogP contribution in [0.4, 0.5) is 0 Å². The number of aromatic hydroxyl groups is 1. The molecule has 0 amide bonds. The van der Waals surface area contributed by atoms with E-state index in [0.717, 1.165) is 24.3 Å². The summed E-state index contributed by atoms with van der Waals surface area (Å²) in [6.45, 7) is 7.22. The van der Waals surface area contributed by atoms with Crippen molar-refractivity contribution >= 4 is 5.96 Å². The van der Waals surface area contributed by atoms with E-state index in [9.17, 15) is 5.11 Å². The second-order valence-corrected chi connectivity index (χ2v) is 6.39. The van der Waals surface area contributed by atoms with E-state index in [1.807, 2.05) is 12.1 Å². The molecule has 0 aromatic heterocycles. The standard InChI is InChI=1S/C18H31N3O2/c1-13(2)6-5-7-14(3)21-18(19)20-11-10-15-8-9-16(22)17(12-15)23-4/h8-9,12-14,22H,5-7,10-11H2,1-4H3,(H3,19,20,21). The smallest absolute Gasteiger partial charge is 0.188 e. The maximum Gasteiger partial charge on any atom is 0.188 e. The van der Waals surface area contributed by atoms with E-state index < -0.39 is 0 Å². The number of hydrogen-bond acceptors (Lipinski definition) is 3. The minimum atomic E-state index is 0.149. The fraction of sp³-hybridized carbons (Fsp3) is 0.611. The minimum Gasteiger partial charge on any atom is -0.504 e. The van der Waals surface area contributed by atoms with Gasteiger partial charge in [0.05, 0.1) is 7.11 Å². The highest BCUT2D eigenvalue weighted by Crippen LogP contribution is 2.26. The van der Waals surface area contributed by atoms with E-state index in [-0.39, 0.29) is 5.75 Å². The molecule has 23 heavy (non-hydrogen) atoms. The molecule has 0 heterocycles. The summed E-state index contributed by atoms with van der Waals surface area (Å²) in [5, 5.41) is 12.8. The number of hydrogen-bond donors (Lipinski definition) is 3. The average molecular weight is 321 g/mol. The van der Waals surface area contributed by atoms with E-state index in [2.05, 4.69) is 31.1 Å². The van der Waals surface area contributed by atoms with Gasteiger partial charge in [0.2, 0.25) is 0 Å². The van der Waals surface area contributed by atoms with Crippen LogP contribution in [0.5, 0.6) is 11.5 Å². The van der Waals surface area contributed by atoms with Crippen molar-refractivity contribution < 1.29 is 9.84 Å². The zero-order valence-electron chi connectivity index (χ0n) is 14.8. The van der Waals surface area contributed by atoms with Crippen molar-refractivity contribution in [3.63, 3.8) is 0 Å². The summed E-state index contributed by atoms with van der Waals surface area (Å²) in [5.74, 6) is 1.87. The fourth-order valence-electron chi connectivity index (χ4n) is 2.39. The minimum absolute atomic E-state index is 0.149. The summed E-state index contributed by atoms with van der Waals surface area (Å²) in [7, 11) is 1.54. The lowest BCUT2D eigenvalue weighted by Crippen LogP contribution is -2.38. The van der Waals surface area contributed by atoms with Crippen LogP contribution in [0.2, 0.25) is 0 Å². The van der Waals surface area contributed by atoms with Gasteiger partial charge in [-0.25, -0.2) is 0 Å². The van der Waals surface area contributed by atoms with Crippen LogP contribution in [0.3, 0.4) is 0 Å². The third-order valence-corrected chi connectivity index (χ3v) is 3.74. The number of aliphatic imine (C=N–C) groups is 1. The molecular weight excluding hydrogens is 290 g/mol. The van der Waals surface area contributed by atoms with Gasteiger partial charge in [-0.05, 0) is 43.4 Å². The van der Waals surface area contributed by atoms with Gasteiger partial charge in [-0.2, -0.15) is 0 Å². The van der Waals surface area contributed by atoms with Crippen molar-refractivity contribution in [1.29, 1.82) is 0 Å². The summed E-state index contributed by atoms with van der Waals surface area (Å²) in [6.07, 6.45) is 4.29. The summed E-state index contributed by atoms with van der Waals surface area (Å²) >= 11 is 0. The van der Waals surface area contributed by atoms with Gasteiger partial charge in [0.15, 0.2) is 17.5 Å². The molecule has 1 unspecified atom stereocenters. The topological polar surface area (TPSA) is 79.9 Å². The highest BCUT2D eigenvalue weighted by molar-refractivity contribution is 5.78. The first-order valence-corrected chi connectivity index (χ1v) is 8.34. The summed E-state index contributed by atoms with van der Waals surface area (Å²) in [4.78, 5) is 4.36. The highest BCUT2D eigenvalue weighted by atomic mass is 16.5. The molecule has 0 fully saturated rings. The lowest BCUT2D eigenvalue weighted by Gasteiger charge is -2.15. The van der Waals surface area contributed by atoms with Gasteiger partial charge in [-0.3, -0.25) is 4.99 Å². The Labute approximate surface area is 140 Å². The quantitative estimate of drug-likeness (QED) is 0.482. The first-order valence-electron chi connectivity index (χ1n) is 8.34. The van der Waals surface area contributed by atoms with Gasteiger partial charge < -0.3 is 20.9 Å². The maximum atomic E-state index is 9.57. The first kappa shape index (κ1) is 19.1. The van der Waals surface area contributed by atoms with Crippen molar-refractivity contribution in [2.45, 2.75) is 52.5 Å². The number of guanidine groups is 1. The Bertz CT molecular complexity index is 501. The monoisotopic (exact) mass is 321 g/mol. The summed E-state index contributed by atoms with van der Waals surface area (Å²) in [5.41, 5.74) is 6.98. The predicted molar refractivity (Wildman–Crippen MR) is 96.1 cm³/mol. The molecule has 0 aliphatic carbocycles. The normalized spacial score (nSPS) is 13.2. The van der Waals surface area contributed by atoms with Crippen LogP contribution < -0.4 is 15.8 Å². The van der Waals surface area contributed by atoms with Gasteiger partial charge in [0.25, 0.3) is 0 Å². The number of nitrogens with two attached hydrogens (primary N) is 1. The van der Waals surface area contributed by atoms with Crippen LogP contribution in [0.15, 0.2) is 23.2 Å². The molecule has 1 aromatic rings. The van der Waals surface area contributed by atoms with Gasteiger partial charge >= 0.3 is 0 Å². The number of nitrogens with zero attached hydrogens (tertiary/aromatic N) is 1. The van der Waals surface area contributed by atoms with Crippen molar-refractivity contribution in [2.75, 3.05) is 13.7 Å². The van der Waals surface area contributed by atoms with Gasteiger partial charge in [0.1, 0.15) is 0 Å². The van der Waals surface area contributed by atoms with Gasteiger partial charge in [0, 0.05) is 12.6 Å². The molecular formula is C18H31N3O2. The predicted octanol–water partition coefficient (Wildman–Crippen LogP) is 3.06. The fourth-order valence-corrected chi connectivity index (χ4v) is 2.39. The van der Waals surface area contributed by atoms with Crippen molar-refractivity contribution in [3.05, 3.63) is 23.8 Å². The van der Waals surface area contributed by atoms with Crippen LogP contribution in [-0.2, 0) is 6.42 Å². The second kappa shape index (κ2) is 9.98. The van der Waals surface area contributed by atoms with Gasteiger partial charge in [-0.1, -0.05) is 32.8 Å². The van der Waals surface area contributed by atoms with E-state index in [1.165, 1.54) is 12.8 Å². The molecule has 0 saturated heterocycles. The molecule has 5 nitrogen and oxygen atoms in total. The SMILES string of the molecule is COc1cc(CCN=C(N)NC(C)CCCC(C)C)ccc1O. The van der Waals surface area contributed by atoms with Gasteiger partial charge in [-0.15, -0.1) is 0 Å². The Morgan fingerprint density at radius 1 is 1.30 bits per heavy atom. The molecule has 0 bridgehead atoms. The van der Waals surface area contributed by atoms with Crippen molar-refractivity contribution in [1.82, 2.24) is 5.32 Å².